The molecular weight excluding hydrogens is 278 g/mol. The Hall–Kier alpha value is -1.55. The maximum absolute atomic E-state index is 11.8. The van der Waals surface area contributed by atoms with Crippen LogP contribution in [0.1, 0.15) is 53.5 Å². The average Bonchev–Trinajstić information content (AvgIpc) is 2.47. The van der Waals surface area contributed by atoms with Crippen molar-refractivity contribution in [3.8, 4) is 0 Å². The summed E-state index contributed by atoms with van der Waals surface area (Å²) in [5, 5.41) is 12.8. The lowest BCUT2D eigenvalue weighted by Gasteiger charge is -2.26. The van der Waals surface area contributed by atoms with Gasteiger partial charge in [-0.2, -0.15) is 0 Å². The molecule has 1 aromatic carbocycles. The third-order valence-corrected chi connectivity index (χ3v) is 2.88. The van der Waals surface area contributed by atoms with Crippen LogP contribution in [0.2, 0.25) is 0 Å². The highest BCUT2D eigenvalue weighted by molar-refractivity contribution is 5.68. The van der Waals surface area contributed by atoms with Gasteiger partial charge in [0, 0.05) is 0 Å². The quantitative estimate of drug-likeness (QED) is 0.866. The molecular formula is C18H31NO3. The zero-order valence-corrected chi connectivity index (χ0v) is 14.7. The van der Waals surface area contributed by atoms with Gasteiger partial charge in [0.1, 0.15) is 5.60 Å². The van der Waals surface area contributed by atoms with E-state index in [9.17, 15) is 9.90 Å². The van der Waals surface area contributed by atoms with Crippen LogP contribution in [0, 0.1) is 0 Å². The minimum atomic E-state index is -0.595. The zero-order valence-electron chi connectivity index (χ0n) is 14.7. The van der Waals surface area contributed by atoms with Gasteiger partial charge < -0.3 is 15.2 Å². The van der Waals surface area contributed by atoms with E-state index in [0.29, 0.717) is 12.8 Å². The molecule has 0 aromatic heterocycles. The maximum Gasteiger partial charge on any atom is 0.407 e. The van der Waals surface area contributed by atoms with E-state index in [0.717, 1.165) is 5.56 Å². The molecule has 2 N–H and O–H groups in total. The second-order valence-electron chi connectivity index (χ2n) is 5.92. The lowest BCUT2D eigenvalue weighted by molar-refractivity contribution is 0.0419. The number of carbonyl (C=O) groups excluding carboxylic acids is 1. The molecule has 0 heterocycles. The molecule has 2 atom stereocenters. The Morgan fingerprint density at radius 2 is 1.77 bits per heavy atom. The van der Waals surface area contributed by atoms with Gasteiger partial charge in [-0.05, 0) is 39.2 Å². The Balaban J connectivity index is 0.00000211. The fraction of sp³-hybridized carbons (Fsp3) is 0.611. The number of nitrogens with one attached hydrogen (secondary N) is 1. The first-order chi connectivity index (χ1) is 10.3. The lowest BCUT2D eigenvalue weighted by atomic mass is 10.00. The Bertz CT molecular complexity index is 412. The fourth-order valence-corrected chi connectivity index (χ4v) is 1.89. The molecule has 22 heavy (non-hydrogen) atoms. The number of aliphatic hydroxyl groups is 1. The van der Waals surface area contributed by atoms with E-state index in [1.54, 1.807) is 0 Å². The Labute approximate surface area is 134 Å². The molecule has 126 valence electrons. The maximum atomic E-state index is 11.8. The monoisotopic (exact) mass is 309 g/mol. The summed E-state index contributed by atoms with van der Waals surface area (Å²) in [4.78, 5) is 11.8. The zero-order chi connectivity index (χ0) is 17.2. The molecule has 4 nitrogen and oxygen atoms in total. The molecule has 1 aromatic rings. The summed E-state index contributed by atoms with van der Waals surface area (Å²) in [5.74, 6) is 0. The van der Waals surface area contributed by atoms with Crippen LogP contribution in [-0.4, -0.2) is 28.9 Å². The molecule has 0 aliphatic heterocycles. The average molecular weight is 309 g/mol. The van der Waals surface area contributed by atoms with Crippen LogP contribution < -0.4 is 5.32 Å². The van der Waals surface area contributed by atoms with Crippen molar-refractivity contribution in [1.29, 1.82) is 0 Å². The summed E-state index contributed by atoms with van der Waals surface area (Å²) in [5.41, 5.74) is 0.527. The van der Waals surface area contributed by atoms with Crippen molar-refractivity contribution in [2.45, 2.75) is 72.1 Å². The van der Waals surface area contributed by atoms with Gasteiger partial charge in [-0.25, -0.2) is 4.79 Å². The predicted molar refractivity (Wildman–Crippen MR) is 90.9 cm³/mol. The number of amides is 1. The number of hydrogen-bond donors (Lipinski definition) is 2. The topological polar surface area (TPSA) is 58.6 Å². The van der Waals surface area contributed by atoms with Gasteiger partial charge in [0.05, 0.1) is 12.1 Å². The molecule has 4 heteroatoms. The molecule has 0 radical (unpaired) electrons. The van der Waals surface area contributed by atoms with Crippen LogP contribution in [0.25, 0.3) is 0 Å². The van der Waals surface area contributed by atoms with Crippen LogP contribution in [-0.2, 0) is 11.2 Å². The molecule has 0 aliphatic rings. The summed E-state index contributed by atoms with van der Waals surface area (Å²) >= 11 is 0. The van der Waals surface area contributed by atoms with Crippen molar-refractivity contribution < 1.29 is 14.6 Å². The molecule has 0 bridgehead atoms. The summed E-state index contributed by atoms with van der Waals surface area (Å²) in [6.07, 6.45) is 0.0659. The number of hydrogen-bond acceptors (Lipinski definition) is 3. The minimum absolute atomic E-state index is 0.350. The van der Waals surface area contributed by atoms with Crippen molar-refractivity contribution in [2.75, 3.05) is 0 Å². The van der Waals surface area contributed by atoms with E-state index >= 15 is 0 Å². The van der Waals surface area contributed by atoms with Gasteiger partial charge in [-0.15, -0.1) is 0 Å². The van der Waals surface area contributed by atoms with Gasteiger partial charge in [0.2, 0.25) is 0 Å². The van der Waals surface area contributed by atoms with Crippen LogP contribution in [0.4, 0.5) is 4.79 Å². The first-order valence-electron chi connectivity index (χ1n) is 8.03. The van der Waals surface area contributed by atoms with E-state index in [-0.39, 0.29) is 6.04 Å². The van der Waals surface area contributed by atoms with Gasteiger partial charge >= 0.3 is 6.09 Å². The number of aliphatic hydroxyl groups excluding tert-OH is 1. The van der Waals surface area contributed by atoms with E-state index < -0.39 is 17.8 Å². The molecule has 1 amide bonds. The lowest BCUT2D eigenvalue weighted by Crippen LogP contribution is -2.46. The van der Waals surface area contributed by atoms with Crippen molar-refractivity contribution >= 4 is 6.09 Å². The van der Waals surface area contributed by atoms with Crippen LogP contribution in [0.15, 0.2) is 30.3 Å². The van der Waals surface area contributed by atoms with Gasteiger partial charge in [0.25, 0.3) is 0 Å². The van der Waals surface area contributed by atoms with Crippen LogP contribution >= 0.6 is 0 Å². The van der Waals surface area contributed by atoms with E-state index in [4.69, 9.17) is 4.74 Å². The number of carbonyl (C=O) groups is 1. The van der Waals surface area contributed by atoms with Crippen molar-refractivity contribution in [3.05, 3.63) is 35.9 Å². The van der Waals surface area contributed by atoms with Gasteiger partial charge in [0.15, 0.2) is 0 Å². The Morgan fingerprint density at radius 1 is 1.23 bits per heavy atom. The van der Waals surface area contributed by atoms with E-state index in [1.807, 2.05) is 71.9 Å². The number of alkyl carbamates (subject to hydrolysis) is 1. The Kier molecular flexibility index (Phi) is 9.50. The van der Waals surface area contributed by atoms with Gasteiger partial charge in [-0.3, -0.25) is 0 Å². The standard InChI is InChI=1S/C16H25NO3.C2H6/c1-5-14(18)13(11-12-9-7-6-8-10-12)17-15(19)20-16(2,3)4;1-2/h6-10,13-14,18H,5,11H2,1-4H3,(H,17,19);1-2H3/t13-,14+;/m0./s1. The third-order valence-electron chi connectivity index (χ3n) is 2.88. The minimum Gasteiger partial charge on any atom is -0.444 e. The van der Waals surface area contributed by atoms with Gasteiger partial charge in [-0.1, -0.05) is 51.1 Å². The third kappa shape index (κ3) is 8.67. The molecule has 1 rings (SSSR count). The summed E-state index contributed by atoms with van der Waals surface area (Å²) in [7, 11) is 0. The van der Waals surface area contributed by atoms with Crippen LogP contribution in [0.3, 0.4) is 0 Å². The van der Waals surface area contributed by atoms with Crippen molar-refractivity contribution in [1.82, 2.24) is 5.32 Å². The molecule has 0 saturated heterocycles. The first-order valence-corrected chi connectivity index (χ1v) is 8.03. The van der Waals surface area contributed by atoms with Crippen LogP contribution in [0.5, 0.6) is 0 Å². The first kappa shape index (κ1) is 20.5. The molecule has 0 unspecified atom stereocenters. The normalized spacial score (nSPS) is 13.4. The Morgan fingerprint density at radius 3 is 2.23 bits per heavy atom. The van der Waals surface area contributed by atoms with E-state index in [1.165, 1.54) is 0 Å². The molecule has 0 fully saturated rings. The van der Waals surface area contributed by atoms with Crippen molar-refractivity contribution in [3.63, 3.8) is 0 Å². The highest BCUT2D eigenvalue weighted by Gasteiger charge is 2.23. The summed E-state index contributed by atoms with van der Waals surface area (Å²) in [6, 6.07) is 9.43. The number of ether oxygens (including phenoxy) is 1. The predicted octanol–water partition coefficient (Wildman–Crippen LogP) is 3.92. The fourth-order valence-electron chi connectivity index (χ4n) is 1.89. The number of rotatable bonds is 5. The molecule has 0 saturated carbocycles. The second kappa shape index (κ2) is 10.2. The molecule has 0 spiro atoms. The van der Waals surface area contributed by atoms with E-state index in [2.05, 4.69) is 5.32 Å². The summed E-state index contributed by atoms with van der Waals surface area (Å²) in [6.45, 7) is 11.3. The largest absolute Gasteiger partial charge is 0.444 e. The van der Waals surface area contributed by atoms with Crippen molar-refractivity contribution in [2.24, 2.45) is 0 Å². The highest BCUT2D eigenvalue weighted by atomic mass is 16.6. The summed E-state index contributed by atoms with van der Waals surface area (Å²) < 4.78 is 5.24. The SMILES string of the molecule is CC.CC[C@@H](O)[C@H](Cc1ccccc1)NC(=O)OC(C)(C)C. The highest BCUT2D eigenvalue weighted by Crippen LogP contribution is 2.11. The smallest absolute Gasteiger partial charge is 0.407 e. The number of benzene rings is 1. The second-order valence-corrected chi connectivity index (χ2v) is 5.92. The molecule has 0 aliphatic carbocycles.